The Morgan fingerprint density at radius 1 is 1.07 bits per heavy atom. The number of likely N-dealkylation sites (N-methyl/N-ethyl adjacent to an activating group) is 1. The van der Waals surface area contributed by atoms with Crippen LogP contribution in [-0.4, -0.2) is 13.6 Å². The van der Waals surface area contributed by atoms with Gasteiger partial charge in [-0.15, -0.1) is 0 Å². The first kappa shape index (κ1) is 12.1. The first-order valence-electron chi connectivity index (χ1n) is 4.99. The Balaban J connectivity index is 3.19. The van der Waals surface area contributed by atoms with Gasteiger partial charge in [-0.1, -0.05) is 6.07 Å². The molecule has 1 N–H and O–H groups in total. The number of rotatable bonds is 3. The quantitative estimate of drug-likeness (QED) is 0.814. The maximum atomic E-state index is 13.7. The molecule has 1 aromatic carbocycles. The first-order chi connectivity index (χ1) is 6.88. The number of hydrogen-bond acceptors (Lipinski definition) is 1. The van der Waals surface area contributed by atoms with Gasteiger partial charge in [0.1, 0.15) is 0 Å². The average Bonchev–Trinajstić information content (AvgIpc) is 2.11. The molecule has 15 heavy (non-hydrogen) atoms. The summed E-state index contributed by atoms with van der Waals surface area (Å²) in [6.45, 7) is 5.19. The Morgan fingerprint density at radius 2 is 1.60 bits per heavy atom. The molecule has 0 aliphatic rings. The van der Waals surface area contributed by atoms with E-state index in [1.807, 2.05) is 19.9 Å². The molecule has 0 aromatic heterocycles. The Labute approximate surface area is 89.5 Å². The van der Waals surface area contributed by atoms with E-state index in [1.54, 1.807) is 13.0 Å². The SMILES string of the molecule is CNCC(F)(F)c1cc(C)c(C)cc1C. The van der Waals surface area contributed by atoms with E-state index in [1.165, 1.54) is 7.05 Å². The van der Waals surface area contributed by atoms with Gasteiger partial charge in [0.15, 0.2) is 0 Å². The van der Waals surface area contributed by atoms with E-state index in [-0.39, 0.29) is 12.1 Å². The van der Waals surface area contributed by atoms with Crippen molar-refractivity contribution in [2.24, 2.45) is 0 Å². The van der Waals surface area contributed by atoms with Gasteiger partial charge in [0.2, 0.25) is 0 Å². The summed E-state index contributed by atoms with van der Waals surface area (Å²) in [4.78, 5) is 0. The van der Waals surface area contributed by atoms with Gasteiger partial charge in [0.05, 0.1) is 6.54 Å². The molecule has 0 aliphatic carbocycles. The van der Waals surface area contributed by atoms with Gasteiger partial charge in [-0.05, 0) is 50.6 Å². The number of hydrogen-bond donors (Lipinski definition) is 1. The normalized spacial score (nSPS) is 11.9. The molecule has 0 heterocycles. The zero-order chi connectivity index (χ0) is 11.6. The lowest BCUT2D eigenvalue weighted by molar-refractivity contribution is -0.00192. The molecule has 0 aliphatic heterocycles. The molecule has 0 bridgehead atoms. The Hall–Kier alpha value is -0.960. The van der Waals surface area contributed by atoms with Crippen molar-refractivity contribution in [3.63, 3.8) is 0 Å². The molecule has 0 saturated heterocycles. The second kappa shape index (κ2) is 4.27. The number of benzene rings is 1. The fourth-order valence-electron chi connectivity index (χ4n) is 1.67. The molecule has 0 spiro atoms. The van der Waals surface area contributed by atoms with Crippen LogP contribution in [-0.2, 0) is 5.92 Å². The minimum absolute atomic E-state index is 0.125. The lowest BCUT2D eigenvalue weighted by Crippen LogP contribution is -2.29. The van der Waals surface area contributed by atoms with Crippen molar-refractivity contribution in [3.05, 3.63) is 34.4 Å². The summed E-state index contributed by atoms with van der Waals surface area (Å²) in [6, 6.07) is 3.40. The first-order valence-corrected chi connectivity index (χ1v) is 4.99. The van der Waals surface area contributed by atoms with E-state index in [2.05, 4.69) is 5.32 Å². The van der Waals surface area contributed by atoms with Crippen LogP contribution >= 0.6 is 0 Å². The zero-order valence-electron chi connectivity index (χ0n) is 9.62. The number of nitrogens with one attached hydrogen (secondary N) is 1. The monoisotopic (exact) mass is 213 g/mol. The van der Waals surface area contributed by atoms with Crippen molar-refractivity contribution in [2.75, 3.05) is 13.6 Å². The lowest BCUT2D eigenvalue weighted by atomic mass is 9.96. The van der Waals surface area contributed by atoms with Crippen molar-refractivity contribution in [1.29, 1.82) is 0 Å². The largest absolute Gasteiger partial charge is 0.314 e. The second-order valence-corrected chi connectivity index (χ2v) is 3.99. The highest BCUT2D eigenvalue weighted by molar-refractivity contribution is 5.38. The van der Waals surface area contributed by atoms with Crippen molar-refractivity contribution < 1.29 is 8.78 Å². The van der Waals surface area contributed by atoms with Crippen LogP contribution in [0.5, 0.6) is 0 Å². The molecule has 0 fully saturated rings. The van der Waals surface area contributed by atoms with E-state index in [0.717, 1.165) is 11.1 Å². The van der Waals surface area contributed by atoms with Crippen molar-refractivity contribution in [3.8, 4) is 0 Å². The summed E-state index contributed by atoms with van der Waals surface area (Å²) in [6.07, 6.45) is 0. The van der Waals surface area contributed by atoms with E-state index in [0.29, 0.717) is 5.56 Å². The topological polar surface area (TPSA) is 12.0 Å². The average molecular weight is 213 g/mol. The van der Waals surface area contributed by atoms with E-state index in [4.69, 9.17) is 0 Å². The predicted molar refractivity (Wildman–Crippen MR) is 58.5 cm³/mol. The third kappa shape index (κ3) is 2.53. The molecule has 0 atom stereocenters. The minimum Gasteiger partial charge on any atom is -0.314 e. The molecule has 0 saturated carbocycles. The molecule has 1 aromatic rings. The molecule has 1 nitrogen and oxygen atoms in total. The highest BCUT2D eigenvalue weighted by Crippen LogP contribution is 2.31. The second-order valence-electron chi connectivity index (χ2n) is 3.99. The summed E-state index contributed by atoms with van der Waals surface area (Å²) >= 11 is 0. The van der Waals surface area contributed by atoms with Crippen LogP contribution in [0.25, 0.3) is 0 Å². The summed E-state index contributed by atoms with van der Waals surface area (Å²) in [7, 11) is 1.53. The van der Waals surface area contributed by atoms with Crippen molar-refractivity contribution >= 4 is 0 Å². The summed E-state index contributed by atoms with van der Waals surface area (Å²) in [5.41, 5.74) is 2.74. The molecule has 0 amide bonds. The Bertz CT molecular complexity index is 359. The molecule has 0 radical (unpaired) electrons. The van der Waals surface area contributed by atoms with Crippen LogP contribution in [0, 0.1) is 20.8 Å². The Morgan fingerprint density at radius 3 is 2.13 bits per heavy atom. The van der Waals surface area contributed by atoms with Crippen molar-refractivity contribution in [1.82, 2.24) is 5.32 Å². The van der Waals surface area contributed by atoms with Gasteiger partial charge >= 0.3 is 0 Å². The maximum absolute atomic E-state index is 13.7. The number of halogens is 2. The van der Waals surface area contributed by atoms with Crippen molar-refractivity contribution in [2.45, 2.75) is 26.7 Å². The van der Waals surface area contributed by atoms with Gasteiger partial charge in [-0.2, -0.15) is 8.78 Å². The summed E-state index contributed by atoms with van der Waals surface area (Å²) in [5.74, 6) is -2.79. The number of alkyl halides is 2. The zero-order valence-corrected chi connectivity index (χ0v) is 9.62. The van der Waals surface area contributed by atoms with Crippen LogP contribution in [0.4, 0.5) is 8.78 Å². The van der Waals surface area contributed by atoms with Gasteiger partial charge in [-0.25, -0.2) is 0 Å². The number of aryl methyl sites for hydroxylation is 3. The van der Waals surface area contributed by atoms with E-state index < -0.39 is 5.92 Å². The highest BCUT2D eigenvalue weighted by Gasteiger charge is 2.32. The smallest absolute Gasteiger partial charge is 0.285 e. The molecule has 0 unspecified atom stereocenters. The summed E-state index contributed by atoms with van der Waals surface area (Å²) in [5, 5.41) is 2.52. The lowest BCUT2D eigenvalue weighted by Gasteiger charge is -2.20. The predicted octanol–water partition coefficient (Wildman–Crippen LogP) is 2.92. The molecule has 3 heteroatoms. The minimum atomic E-state index is -2.79. The fraction of sp³-hybridized carbons (Fsp3) is 0.500. The highest BCUT2D eigenvalue weighted by atomic mass is 19.3. The van der Waals surface area contributed by atoms with Crippen LogP contribution in [0.15, 0.2) is 12.1 Å². The Kier molecular flexibility index (Phi) is 3.45. The summed E-state index contributed by atoms with van der Waals surface area (Å²) < 4.78 is 27.3. The molecular formula is C12H17F2N. The third-order valence-corrected chi connectivity index (χ3v) is 2.63. The van der Waals surface area contributed by atoms with Crippen LogP contribution in [0.1, 0.15) is 22.3 Å². The van der Waals surface area contributed by atoms with Crippen LogP contribution < -0.4 is 5.32 Å². The van der Waals surface area contributed by atoms with E-state index >= 15 is 0 Å². The van der Waals surface area contributed by atoms with Crippen LogP contribution in [0.2, 0.25) is 0 Å². The molecule has 1 rings (SSSR count). The van der Waals surface area contributed by atoms with Gasteiger partial charge in [-0.3, -0.25) is 0 Å². The fourth-order valence-corrected chi connectivity index (χ4v) is 1.67. The van der Waals surface area contributed by atoms with E-state index in [9.17, 15) is 8.78 Å². The molecule has 84 valence electrons. The van der Waals surface area contributed by atoms with Gasteiger partial charge in [0, 0.05) is 5.56 Å². The van der Waals surface area contributed by atoms with Gasteiger partial charge in [0.25, 0.3) is 5.92 Å². The molecular weight excluding hydrogens is 196 g/mol. The standard InChI is InChI=1S/C12H17F2N/c1-8-5-10(3)11(6-9(8)2)12(13,14)7-15-4/h5-6,15H,7H2,1-4H3. The maximum Gasteiger partial charge on any atom is 0.285 e. The van der Waals surface area contributed by atoms with Crippen LogP contribution in [0.3, 0.4) is 0 Å². The van der Waals surface area contributed by atoms with Gasteiger partial charge < -0.3 is 5.32 Å². The third-order valence-electron chi connectivity index (χ3n) is 2.63.